The number of nitrogens with one attached hydrogen (secondary N) is 1. The van der Waals surface area contributed by atoms with Crippen molar-refractivity contribution >= 4 is 39.9 Å². The largest absolute Gasteiger partial charge is 0.461 e. The summed E-state index contributed by atoms with van der Waals surface area (Å²) in [6.07, 6.45) is 8.02. The maximum absolute atomic E-state index is 13.9. The lowest BCUT2D eigenvalue weighted by molar-refractivity contribution is -0.147. The summed E-state index contributed by atoms with van der Waals surface area (Å²) in [7, 11) is 1.77. The second-order valence-corrected chi connectivity index (χ2v) is 16.1. The fraction of sp³-hybridized carbons (Fsp3) is 0.465. The summed E-state index contributed by atoms with van der Waals surface area (Å²) < 4.78 is 7.09. The van der Waals surface area contributed by atoms with Crippen LogP contribution in [0.5, 0.6) is 0 Å². The molecule has 0 unspecified atom stereocenters. The van der Waals surface area contributed by atoms with Crippen LogP contribution in [0.15, 0.2) is 67.0 Å². The second kappa shape index (κ2) is 18.6. The molecule has 0 saturated carbocycles. The zero-order chi connectivity index (χ0) is 38.8. The van der Waals surface area contributed by atoms with Gasteiger partial charge < -0.3 is 15.0 Å². The Kier molecular flexibility index (Phi) is 14.0. The smallest absolute Gasteiger partial charge is 0.306 e. The molecule has 1 aliphatic carbocycles. The maximum Gasteiger partial charge on any atom is 0.306 e. The summed E-state index contributed by atoms with van der Waals surface area (Å²) in [5.41, 5.74) is 4.70. The number of likely N-dealkylation sites (N-methyl/N-ethyl adjacent to an activating group) is 1. The molecule has 2 aromatic heterocycles. The van der Waals surface area contributed by atoms with Crippen LogP contribution >= 0.6 is 11.3 Å². The third kappa shape index (κ3) is 10.5. The molecule has 2 amide bonds. The number of esters is 1. The molecular weight excluding hydrogens is 699 g/mol. The molecule has 11 heteroatoms. The number of carbonyl (C=O) groups excluding carboxylic acids is 4. The van der Waals surface area contributed by atoms with Crippen LogP contribution in [0.25, 0.3) is 0 Å². The fourth-order valence-corrected chi connectivity index (χ4v) is 8.56. The number of benzene rings is 2. The number of rotatable bonds is 18. The molecule has 0 atom stereocenters. The number of amides is 2. The summed E-state index contributed by atoms with van der Waals surface area (Å²) in [4.78, 5) is 58.3. The third-order valence-electron chi connectivity index (χ3n) is 10.4. The van der Waals surface area contributed by atoms with Gasteiger partial charge in [0.1, 0.15) is 11.6 Å². The Morgan fingerprint density at radius 1 is 0.963 bits per heavy atom. The number of aryl methyl sites for hydroxylation is 1. The minimum Gasteiger partial charge on any atom is -0.461 e. The van der Waals surface area contributed by atoms with Gasteiger partial charge in [-0.25, -0.2) is 0 Å². The molecule has 5 rings (SSSR count). The minimum absolute atomic E-state index is 0.0342. The van der Waals surface area contributed by atoms with Crippen LogP contribution in [0, 0.1) is 5.41 Å². The molecule has 4 aromatic rings. The van der Waals surface area contributed by atoms with E-state index in [1.165, 1.54) is 11.3 Å². The molecule has 2 heterocycles. The van der Waals surface area contributed by atoms with E-state index in [1.807, 2.05) is 55.5 Å². The molecule has 0 radical (unpaired) electrons. The molecule has 0 aliphatic heterocycles. The topological polar surface area (TPSA) is 114 Å². The van der Waals surface area contributed by atoms with Crippen LogP contribution in [-0.4, -0.2) is 69.3 Å². The third-order valence-corrected chi connectivity index (χ3v) is 11.6. The van der Waals surface area contributed by atoms with Crippen LogP contribution in [-0.2, 0) is 46.9 Å². The number of hydrogen-bond donors (Lipinski definition) is 1. The predicted octanol–water partition coefficient (Wildman–Crippen LogP) is 7.94. The Labute approximate surface area is 323 Å². The molecule has 2 aromatic carbocycles. The number of anilines is 1. The Bertz CT molecular complexity index is 1910. The van der Waals surface area contributed by atoms with Gasteiger partial charge >= 0.3 is 5.97 Å². The van der Waals surface area contributed by atoms with Gasteiger partial charge in [0, 0.05) is 62.3 Å². The van der Waals surface area contributed by atoms with Gasteiger partial charge in [0.2, 0.25) is 5.91 Å². The van der Waals surface area contributed by atoms with E-state index in [1.54, 1.807) is 35.1 Å². The average Bonchev–Trinajstić information content (AvgIpc) is 3.79. The van der Waals surface area contributed by atoms with Crippen LogP contribution in [0.1, 0.15) is 115 Å². The molecule has 0 saturated heterocycles. The van der Waals surface area contributed by atoms with E-state index in [2.05, 4.69) is 43.0 Å². The van der Waals surface area contributed by atoms with Gasteiger partial charge in [-0.05, 0) is 73.3 Å². The van der Waals surface area contributed by atoms with Gasteiger partial charge in [-0.1, -0.05) is 70.2 Å². The first kappa shape index (κ1) is 40.6. The quantitative estimate of drug-likeness (QED) is 0.0811. The number of hydrogen-bond acceptors (Lipinski definition) is 8. The highest BCUT2D eigenvalue weighted by Crippen LogP contribution is 2.44. The van der Waals surface area contributed by atoms with E-state index in [-0.39, 0.29) is 48.5 Å². The first-order valence-electron chi connectivity index (χ1n) is 19.2. The van der Waals surface area contributed by atoms with Crippen molar-refractivity contribution in [3.63, 3.8) is 0 Å². The normalized spacial score (nSPS) is 13.5. The first-order chi connectivity index (χ1) is 25.9. The van der Waals surface area contributed by atoms with Crippen molar-refractivity contribution in [2.75, 3.05) is 25.5 Å². The van der Waals surface area contributed by atoms with E-state index in [4.69, 9.17) is 4.74 Å². The zero-order valence-corrected chi connectivity index (χ0v) is 33.5. The number of thiophene rings is 1. The van der Waals surface area contributed by atoms with Crippen molar-refractivity contribution in [2.24, 2.45) is 5.41 Å². The second-order valence-electron chi connectivity index (χ2n) is 15.0. The lowest BCUT2D eigenvalue weighted by atomic mass is 9.76. The molecule has 54 heavy (non-hydrogen) atoms. The lowest BCUT2D eigenvalue weighted by Crippen LogP contribution is -2.41. The van der Waals surface area contributed by atoms with Crippen molar-refractivity contribution in [3.05, 3.63) is 105 Å². The van der Waals surface area contributed by atoms with Crippen LogP contribution in [0.4, 0.5) is 5.00 Å². The fourth-order valence-electron chi connectivity index (χ4n) is 7.06. The van der Waals surface area contributed by atoms with Crippen LogP contribution < -0.4 is 5.32 Å². The molecule has 0 spiro atoms. The van der Waals surface area contributed by atoms with E-state index in [0.29, 0.717) is 47.9 Å². The van der Waals surface area contributed by atoms with Gasteiger partial charge in [-0.3, -0.25) is 28.8 Å². The Morgan fingerprint density at radius 3 is 2.41 bits per heavy atom. The van der Waals surface area contributed by atoms with E-state index < -0.39 is 5.97 Å². The zero-order valence-electron chi connectivity index (χ0n) is 32.7. The van der Waals surface area contributed by atoms with Crippen LogP contribution in [0.3, 0.4) is 0 Å². The monoisotopic (exact) mass is 753 g/mol. The van der Waals surface area contributed by atoms with E-state index in [0.717, 1.165) is 53.7 Å². The van der Waals surface area contributed by atoms with Crippen molar-refractivity contribution in [3.8, 4) is 0 Å². The molecule has 1 aliphatic rings. The summed E-state index contributed by atoms with van der Waals surface area (Å²) in [5, 5.41) is 8.06. The standard InChI is InChI=1S/C43H55N5O5S/c1-7-34(8-2)47(23-22-46(6)37(49)18-19-38(50)53-29-30-14-11-10-12-15-30)27-31-16-13-17-32(24-31)41(52)45-42-39(40(51)33-26-44-48(9-3)28-33)35-20-21-43(4,5)25-36(35)54-42/h10-17,24,26,28,34H,7-9,18-23,25,27,29H2,1-6H3,(H,45,52). The van der Waals surface area contributed by atoms with E-state index in [9.17, 15) is 19.2 Å². The lowest BCUT2D eigenvalue weighted by Gasteiger charge is -2.32. The molecule has 0 bridgehead atoms. The summed E-state index contributed by atoms with van der Waals surface area (Å²) >= 11 is 1.52. The minimum atomic E-state index is -0.391. The van der Waals surface area contributed by atoms with Crippen molar-refractivity contribution in [2.45, 2.75) is 105 Å². The van der Waals surface area contributed by atoms with Crippen LogP contribution in [0.2, 0.25) is 0 Å². The van der Waals surface area contributed by atoms with Crippen molar-refractivity contribution in [1.82, 2.24) is 19.6 Å². The molecule has 10 nitrogen and oxygen atoms in total. The highest BCUT2D eigenvalue weighted by atomic mass is 32.1. The maximum atomic E-state index is 13.9. The number of ether oxygens (including phenoxy) is 1. The van der Waals surface area contributed by atoms with Gasteiger partial charge in [-0.15, -0.1) is 11.3 Å². The SMILES string of the molecule is CCC(CC)N(CCN(C)C(=O)CCC(=O)OCc1ccccc1)Cc1cccc(C(=O)Nc2sc3c(c2C(=O)c2cnn(CC)c2)CCC(C)(C)C3)c1. The van der Waals surface area contributed by atoms with Gasteiger partial charge in [-0.2, -0.15) is 5.10 Å². The summed E-state index contributed by atoms with van der Waals surface area (Å²) in [5.74, 6) is -0.860. The summed E-state index contributed by atoms with van der Waals surface area (Å²) in [6.45, 7) is 13.4. The Hall–Kier alpha value is -4.61. The van der Waals surface area contributed by atoms with Gasteiger partial charge in [0.05, 0.1) is 23.7 Å². The first-order valence-corrected chi connectivity index (χ1v) is 20.0. The molecule has 288 valence electrons. The molecular formula is C43H55N5O5S. The molecule has 1 N–H and O–H groups in total. The van der Waals surface area contributed by atoms with Gasteiger partial charge in [0.25, 0.3) is 5.91 Å². The Balaban J connectivity index is 1.24. The number of aromatic nitrogens is 2. The van der Waals surface area contributed by atoms with Crippen molar-refractivity contribution < 1.29 is 23.9 Å². The number of fused-ring (bicyclic) bond motifs is 1. The highest BCUT2D eigenvalue weighted by molar-refractivity contribution is 7.17. The number of ketones is 1. The number of carbonyl (C=O) groups is 4. The Morgan fingerprint density at radius 2 is 1.70 bits per heavy atom. The van der Waals surface area contributed by atoms with Crippen molar-refractivity contribution in [1.29, 1.82) is 0 Å². The average molecular weight is 754 g/mol. The number of nitrogens with zero attached hydrogens (tertiary/aromatic N) is 4. The highest BCUT2D eigenvalue weighted by Gasteiger charge is 2.33. The predicted molar refractivity (Wildman–Crippen MR) is 214 cm³/mol. The summed E-state index contributed by atoms with van der Waals surface area (Å²) in [6, 6.07) is 17.4. The van der Waals surface area contributed by atoms with E-state index >= 15 is 0 Å². The molecule has 0 fully saturated rings. The van der Waals surface area contributed by atoms with Gasteiger partial charge in [0.15, 0.2) is 5.78 Å².